The zero-order chi connectivity index (χ0) is 14.7. The van der Waals surface area contributed by atoms with Gasteiger partial charge in [-0.05, 0) is 38.1 Å². The van der Waals surface area contributed by atoms with Crippen molar-refractivity contribution in [1.82, 2.24) is 4.90 Å². The quantitative estimate of drug-likeness (QED) is 0.913. The van der Waals surface area contributed by atoms with Gasteiger partial charge in [-0.1, -0.05) is 0 Å². The molecule has 0 spiro atoms. The summed E-state index contributed by atoms with van der Waals surface area (Å²) >= 11 is 0. The largest absolute Gasteiger partial charge is 0.497 e. The van der Waals surface area contributed by atoms with Crippen molar-refractivity contribution in [2.75, 3.05) is 19.0 Å². The first-order valence-corrected chi connectivity index (χ1v) is 6.75. The van der Waals surface area contributed by atoms with E-state index in [1.165, 1.54) is 0 Å². The van der Waals surface area contributed by atoms with Crippen LogP contribution in [0.5, 0.6) is 5.75 Å². The van der Waals surface area contributed by atoms with Crippen molar-refractivity contribution in [2.45, 2.75) is 26.3 Å². The molecular weight excluding hydrogens is 256 g/mol. The number of hydrogen-bond acceptors (Lipinski definition) is 3. The van der Waals surface area contributed by atoms with E-state index in [9.17, 15) is 9.59 Å². The van der Waals surface area contributed by atoms with Gasteiger partial charge in [-0.15, -0.1) is 0 Å². The topological polar surface area (TPSA) is 58.6 Å². The predicted octanol–water partition coefficient (Wildman–Crippen LogP) is 1.89. The number of carbonyl (C=O) groups excluding carboxylic acids is 2. The molecule has 1 heterocycles. The zero-order valence-electron chi connectivity index (χ0n) is 12.1. The summed E-state index contributed by atoms with van der Waals surface area (Å²) in [5.74, 6) is 0.415. The summed E-state index contributed by atoms with van der Waals surface area (Å²) in [7, 11) is 1.60. The number of methoxy groups -OCH3 is 1. The van der Waals surface area contributed by atoms with Crippen molar-refractivity contribution in [3.05, 3.63) is 24.3 Å². The lowest BCUT2D eigenvalue weighted by Gasteiger charge is -2.20. The van der Waals surface area contributed by atoms with Gasteiger partial charge in [-0.3, -0.25) is 9.59 Å². The van der Waals surface area contributed by atoms with Crippen molar-refractivity contribution < 1.29 is 14.3 Å². The molecule has 20 heavy (non-hydrogen) atoms. The lowest BCUT2D eigenvalue weighted by atomic mass is 10.1. The maximum absolute atomic E-state index is 12.2. The third-order valence-electron chi connectivity index (χ3n) is 3.51. The smallest absolute Gasteiger partial charge is 0.229 e. The average Bonchev–Trinajstić information content (AvgIpc) is 2.82. The minimum absolute atomic E-state index is 0.0508. The first-order valence-electron chi connectivity index (χ1n) is 6.75. The van der Waals surface area contributed by atoms with Crippen molar-refractivity contribution in [3.63, 3.8) is 0 Å². The van der Waals surface area contributed by atoms with E-state index in [2.05, 4.69) is 5.32 Å². The van der Waals surface area contributed by atoms with Gasteiger partial charge < -0.3 is 15.0 Å². The number of likely N-dealkylation sites (tertiary alicyclic amines) is 1. The lowest BCUT2D eigenvalue weighted by molar-refractivity contribution is -0.129. The molecule has 1 aromatic rings. The Kier molecular flexibility index (Phi) is 4.27. The fourth-order valence-corrected chi connectivity index (χ4v) is 2.32. The Morgan fingerprint density at radius 1 is 1.35 bits per heavy atom. The van der Waals surface area contributed by atoms with Crippen LogP contribution in [0.25, 0.3) is 0 Å². The molecular formula is C15H20N2O3. The lowest BCUT2D eigenvalue weighted by Crippen LogP contribution is -2.33. The van der Waals surface area contributed by atoms with Crippen molar-refractivity contribution in [2.24, 2.45) is 5.92 Å². The first-order chi connectivity index (χ1) is 9.51. The highest BCUT2D eigenvalue weighted by atomic mass is 16.5. The molecule has 1 aliphatic heterocycles. The van der Waals surface area contributed by atoms with Gasteiger partial charge in [-0.2, -0.15) is 0 Å². The van der Waals surface area contributed by atoms with Crippen LogP contribution in [-0.2, 0) is 9.59 Å². The normalized spacial score (nSPS) is 18.5. The number of ether oxygens (including phenoxy) is 1. The highest BCUT2D eigenvalue weighted by Crippen LogP contribution is 2.22. The van der Waals surface area contributed by atoms with Crippen LogP contribution < -0.4 is 10.1 Å². The van der Waals surface area contributed by atoms with E-state index in [4.69, 9.17) is 4.74 Å². The Balaban J connectivity index is 1.97. The molecule has 1 N–H and O–H groups in total. The molecule has 0 aromatic heterocycles. The highest BCUT2D eigenvalue weighted by molar-refractivity contribution is 5.97. The number of nitrogens with one attached hydrogen (secondary N) is 1. The molecule has 1 aliphatic rings. The number of hydrogen-bond donors (Lipinski definition) is 1. The number of rotatable bonds is 4. The van der Waals surface area contributed by atoms with Gasteiger partial charge in [-0.25, -0.2) is 0 Å². The van der Waals surface area contributed by atoms with Crippen LogP contribution in [0.15, 0.2) is 24.3 Å². The Bertz CT molecular complexity index is 496. The molecule has 1 saturated heterocycles. The molecule has 2 amide bonds. The molecule has 5 heteroatoms. The summed E-state index contributed by atoms with van der Waals surface area (Å²) < 4.78 is 5.06. The molecule has 0 bridgehead atoms. The molecule has 2 rings (SSSR count). The summed E-state index contributed by atoms with van der Waals surface area (Å²) in [5, 5.41) is 2.84. The van der Waals surface area contributed by atoms with E-state index in [0.717, 1.165) is 5.75 Å². The first kappa shape index (κ1) is 14.4. The van der Waals surface area contributed by atoms with Gasteiger partial charge in [0.1, 0.15) is 5.75 Å². The van der Waals surface area contributed by atoms with Gasteiger partial charge in [0, 0.05) is 24.7 Å². The fourth-order valence-electron chi connectivity index (χ4n) is 2.32. The van der Waals surface area contributed by atoms with E-state index in [1.807, 2.05) is 13.8 Å². The van der Waals surface area contributed by atoms with Crippen LogP contribution in [0.1, 0.15) is 20.3 Å². The Labute approximate surface area is 118 Å². The molecule has 0 unspecified atom stereocenters. The molecule has 5 nitrogen and oxygen atoms in total. The molecule has 1 aromatic carbocycles. The number of nitrogens with zero attached hydrogens (tertiary/aromatic N) is 1. The van der Waals surface area contributed by atoms with Crippen molar-refractivity contribution >= 4 is 17.5 Å². The second-order valence-corrected chi connectivity index (χ2v) is 5.26. The highest BCUT2D eigenvalue weighted by Gasteiger charge is 2.35. The van der Waals surface area contributed by atoms with Crippen molar-refractivity contribution in [3.8, 4) is 5.75 Å². The average molecular weight is 276 g/mol. The van der Waals surface area contributed by atoms with Gasteiger partial charge in [0.05, 0.1) is 13.0 Å². The standard InChI is InChI=1S/C15H20N2O3/c1-10(2)17-9-11(8-14(17)18)15(19)16-12-4-6-13(20-3)7-5-12/h4-7,10-11H,8-9H2,1-3H3,(H,16,19)/t11-/m1/s1. The maximum Gasteiger partial charge on any atom is 0.229 e. The van der Waals surface area contributed by atoms with Crippen LogP contribution in [0.3, 0.4) is 0 Å². The van der Waals surface area contributed by atoms with Gasteiger partial charge >= 0.3 is 0 Å². The molecule has 108 valence electrons. The number of carbonyl (C=O) groups is 2. The second-order valence-electron chi connectivity index (χ2n) is 5.26. The number of benzene rings is 1. The third-order valence-corrected chi connectivity index (χ3v) is 3.51. The minimum atomic E-state index is -0.271. The summed E-state index contributed by atoms with van der Waals surface area (Å²) in [4.78, 5) is 25.7. The van der Waals surface area contributed by atoms with Crippen LogP contribution in [-0.4, -0.2) is 36.4 Å². The molecule has 0 radical (unpaired) electrons. The van der Waals surface area contributed by atoms with E-state index >= 15 is 0 Å². The van der Waals surface area contributed by atoms with Crippen LogP contribution in [0, 0.1) is 5.92 Å². The van der Waals surface area contributed by atoms with Crippen LogP contribution in [0.4, 0.5) is 5.69 Å². The predicted molar refractivity (Wildman–Crippen MR) is 76.6 cm³/mol. The van der Waals surface area contributed by atoms with Gasteiger partial charge in [0.25, 0.3) is 0 Å². The Morgan fingerprint density at radius 3 is 2.50 bits per heavy atom. The Morgan fingerprint density at radius 2 is 2.00 bits per heavy atom. The van der Waals surface area contributed by atoms with Gasteiger partial charge in [0.15, 0.2) is 0 Å². The van der Waals surface area contributed by atoms with Crippen LogP contribution >= 0.6 is 0 Å². The van der Waals surface area contributed by atoms with Crippen molar-refractivity contribution in [1.29, 1.82) is 0 Å². The summed E-state index contributed by atoms with van der Waals surface area (Å²) in [6, 6.07) is 7.29. The molecule has 0 aliphatic carbocycles. The second kappa shape index (κ2) is 5.94. The molecule has 1 atom stereocenters. The maximum atomic E-state index is 12.2. The number of anilines is 1. The molecule has 0 saturated carbocycles. The van der Waals surface area contributed by atoms with E-state index < -0.39 is 0 Å². The SMILES string of the molecule is COc1ccc(NC(=O)[C@@H]2CC(=O)N(C(C)C)C2)cc1. The van der Waals surface area contributed by atoms with E-state index in [-0.39, 0.29) is 23.8 Å². The van der Waals surface area contributed by atoms with Crippen LogP contribution in [0.2, 0.25) is 0 Å². The van der Waals surface area contributed by atoms with E-state index in [1.54, 1.807) is 36.3 Å². The van der Waals surface area contributed by atoms with E-state index in [0.29, 0.717) is 18.7 Å². The summed E-state index contributed by atoms with van der Waals surface area (Å²) in [5.41, 5.74) is 0.714. The summed E-state index contributed by atoms with van der Waals surface area (Å²) in [6.07, 6.45) is 0.292. The molecule has 1 fully saturated rings. The van der Waals surface area contributed by atoms with Gasteiger partial charge in [0.2, 0.25) is 11.8 Å². The number of amides is 2. The third kappa shape index (κ3) is 3.10. The minimum Gasteiger partial charge on any atom is -0.497 e. The summed E-state index contributed by atoms with van der Waals surface area (Å²) in [6.45, 7) is 4.42. The Hall–Kier alpha value is -2.04. The monoisotopic (exact) mass is 276 g/mol. The zero-order valence-corrected chi connectivity index (χ0v) is 12.1. The fraction of sp³-hybridized carbons (Fsp3) is 0.467.